The van der Waals surface area contributed by atoms with Crippen molar-refractivity contribution in [2.24, 2.45) is 0 Å². The van der Waals surface area contributed by atoms with Gasteiger partial charge < -0.3 is 9.47 Å². The average Bonchev–Trinajstić information content (AvgIpc) is 2.62. The van der Waals surface area contributed by atoms with Gasteiger partial charge in [-0.15, -0.1) is 0 Å². The first-order chi connectivity index (χ1) is 12.3. The fraction of sp³-hybridized carbons (Fsp3) is 0.0909. The van der Waals surface area contributed by atoms with E-state index in [9.17, 15) is 9.59 Å². The molecule has 0 radical (unpaired) electrons. The van der Waals surface area contributed by atoms with Gasteiger partial charge in [0, 0.05) is 22.3 Å². The van der Waals surface area contributed by atoms with Crippen molar-refractivity contribution >= 4 is 11.9 Å². The molecule has 0 saturated carbocycles. The van der Waals surface area contributed by atoms with Gasteiger partial charge in [-0.25, -0.2) is 9.59 Å². The Hall–Kier alpha value is -3.58. The molecular formula is C22H18O4. The molecule has 0 unspecified atom stereocenters. The number of ether oxygens (including phenoxy) is 2. The van der Waals surface area contributed by atoms with Crippen molar-refractivity contribution < 1.29 is 19.1 Å². The predicted octanol–water partition coefficient (Wildman–Crippen LogP) is 4.05. The monoisotopic (exact) mass is 346 g/mol. The first-order valence-corrected chi connectivity index (χ1v) is 7.82. The molecule has 0 aliphatic rings. The van der Waals surface area contributed by atoms with Crippen molar-refractivity contribution in [1.29, 1.82) is 0 Å². The molecule has 26 heavy (non-hydrogen) atoms. The molecule has 0 N–H and O–H groups in total. The van der Waals surface area contributed by atoms with Gasteiger partial charge in [-0.2, -0.15) is 0 Å². The van der Waals surface area contributed by atoms with E-state index < -0.39 is 11.9 Å². The number of carbonyl (C=O) groups excluding carboxylic acids is 2. The second kappa shape index (κ2) is 8.50. The largest absolute Gasteiger partial charge is 0.423 e. The van der Waals surface area contributed by atoms with Crippen LogP contribution in [-0.4, -0.2) is 11.9 Å². The summed E-state index contributed by atoms with van der Waals surface area (Å²) in [5.41, 5.74) is 2.23. The quantitative estimate of drug-likeness (QED) is 0.363. The highest BCUT2D eigenvalue weighted by Crippen LogP contribution is 2.15. The average molecular weight is 346 g/mol. The number of hydrogen-bond donors (Lipinski definition) is 0. The van der Waals surface area contributed by atoms with Gasteiger partial charge in [-0.1, -0.05) is 25.0 Å². The third kappa shape index (κ3) is 5.50. The van der Waals surface area contributed by atoms with Crippen LogP contribution in [0.2, 0.25) is 0 Å². The van der Waals surface area contributed by atoms with Crippen LogP contribution >= 0.6 is 0 Å². The minimum Gasteiger partial charge on any atom is -0.423 e. The zero-order valence-corrected chi connectivity index (χ0v) is 14.7. The Labute approximate surface area is 152 Å². The van der Waals surface area contributed by atoms with E-state index in [2.05, 4.69) is 25.0 Å². The minimum absolute atomic E-state index is 0.339. The predicted molar refractivity (Wildman–Crippen MR) is 99.8 cm³/mol. The summed E-state index contributed by atoms with van der Waals surface area (Å²) in [7, 11) is 0. The van der Waals surface area contributed by atoms with Crippen molar-refractivity contribution in [1.82, 2.24) is 0 Å². The van der Waals surface area contributed by atoms with E-state index in [1.165, 1.54) is 0 Å². The number of hydrogen-bond acceptors (Lipinski definition) is 4. The van der Waals surface area contributed by atoms with Crippen LogP contribution in [0.3, 0.4) is 0 Å². The summed E-state index contributed by atoms with van der Waals surface area (Å²) in [6, 6.07) is 13.7. The topological polar surface area (TPSA) is 52.6 Å². The molecule has 0 aromatic heterocycles. The van der Waals surface area contributed by atoms with E-state index in [0.717, 1.165) is 11.1 Å². The summed E-state index contributed by atoms with van der Waals surface area (Å²) in [5, 5.41) is 0. The van der Waals surface area contributed by atoms with Crippen LogP contribution in [0.25, 0.3) is 0 Å². The number of carbonyl (C=O) groups is 2. The molecule has 130 valence electrons. The van der Waals surface area contributed by atoms with Crippen LogP contribution in [0.15, 0.2) is 72.8 Å². The molecule has 2 aromatic carbocycles. The van der Waals surface area contributed by atoms with Crippen LogP contribution in [0.1, 0.15) is 25.0 Å². The van der Waals surface area contributed by atoms with Gasteiger partial charge in [-0.3, -0.25) is 0 Å². The molecule has 0 heterocycles. The minimum atomic E-state index is -0.462. The third-order valence-electron chi connectivity index (χ3n) is 3.18. The van der Waals surface area contributed by atoms with Gasteiger partial charge in [0.15, 0.2) is 0 Å². The van der Waals surface area contributed by atoms with Crippen LogP contribution in [-0.2, 0) is 9.59 Å². The highest BCUT2D eigenvalue weighted by Gasteiger charge is 2.05. The van der Waals surface area contributed by atoms with E-state index in [1.54, 1.807) is 62.4 Å². The molecular weight excluding hydrogens is 328 g/mol. The number of rotatable bonds is 4. The Balaban J connectivity index is 2.02. The molecule has 0 aliphatic heterocycles. The van der Waals surface area contributed by atoms with E-state index in [-0.39, 0.29) is 0 Å². The molecule has 0 spiro atoms. The van der Waals surface area contributed by atoms with E-state index in [4.69, 9.17) is 9.47 Å². The first kappa shape index (κ1) is 18.8. The van der Waals surface area contributed by atoms with Gasteiger partial charge in [0.2, 0.25) is 0 Å². The summed E-state index contributed by atoms with van der Waals surface area (Å²) in [6.07, 6.45) is 0. The van der Waals surface area contributed by atoms with Gasteiger partial charge in [0.05, 0.1) is 0 Å². The smallest absolute Gasteiger partial charge is 0.338 e. The number of esters is 2. The van der Waals surface area contributed by atoms with Gasteiger partial charge in [-0.05, 0) is 62.4 Å². The molecule has 0 amide bonds. The molecule has 0 aliphatic carbocycles. The van der Waals surface area contributed by atoms with Crippen LogP contribution in [0.5, 0.6) is 11.5 Å². The second-order valence-electron chi connectivity index (χ2n) is 5.64. The SMILES string of the molecule is C=C(C)C(=O)Oc1ccc(C#Cc2ccc(OC(=O)C(=C)C)cc2)cc1. The van der Waals surface area contributed by atoms with Crippen molar-refractivity contribution in [2.45, 2.75) is 13.8 Å². The van der Waals surface area contributed by atoms with Crippen LogP contribution in [0, 0.1) is 11.8 Å². The Morgan fingerprint density at radius 1 is 0.692 bits per heavy atom. The Morgan fingerprint density at radius 3 is 1.27 bits per heavy atom. The molecule has 4 nitrogen and oxygen atoms in total. The highest BCUT2D eigenvalue weighted by atomic mass is 16.5. The third-order valence-corrected chi connectivity index (χ3v) is 3.18. The normalized spacial score (nSPS) is 9.46. The maximum atomic E-state index is 11.5. The zero-order chi connectivity index (χ0) is 19.1. The van der Waals surface area contributed by atoms with Gasteiger partial charge >= 0.3 is 11.9 Å². The molecule has 2 rings (SSSR count). The van der Waals surface area contributed by atoms with Gasteiger partial charge in [0.1, 0.15) is 11.5 Å². The van der Waals surface area contributed by atoms with Crippen molar-refractivity contribution in [3.63, 3.8) is 0 Å². The molecule has 0 fully saturated rings. The highest BCUT2D eigenvalue weighted by molar-refractivity contribution is 5.89. The van der Waals surface area contributed by atoms with Crippen molar-refractivity contribution in [3.05, 3.63) is 84.0 Å². The summed E-state index contributed by atoms with van der Waals surface area (Å²) in [4.78, 5) is 22.9. The summed E-state index contributed by atoms with van der Waals surface area (Å²) in [6.45, 7) is 10.2. The van der Waals surface area contributed by atoms with E-state index >= 15 is 0 Å². The van der Waals surface area contributed by atoms with Crippen molar-refractivity contribution in [2.75, 3.05) is 0 Å². The van der Waals surface area contributed by atoms with E-state index in [1.807, 2.05) is 0 Å². The maximum absolute atomic E-state index is 11.5. The second-order valence-corrected chi connectivity index (χ2v) is 5.64. The van der Waals surface area contributed by atoms with Crippen LogP contribution < -0.4 is 9.47 Å². The Bertz CT molecular complexity index is 832. The molecule has 0 bridgehead atoms. The zero-order valence-electron chi connectivity index (χ0n) is 14.7. The summed E-state index contributed by atoms with van der Waals surface area (Å²) in [5.74, 6) is 5.98. The first-order valence-electron chi connectivity index (χ1n) is 7.82. The lowest BCUT2D eigenvalue weighted by Gasteiger charge is -2.03. The number of benzene rings is 2. The maximum Gasteiger partial charge on any atom is 0.338 e. The fourth-order valence-electron chi connectivity index (χ4n) is 1.75. The molecule has 4 heteroatoms. The van der Waals surface area contributed by atoms with E-state index in [0.29, 0.717) is 22.6 Å². The standard InChI is InChI=1S/C22H18O4/c1-15(2)21(23)25-19-11-7-17(8-12-19)5-6-18-9-13-20(14-10-18)26-22(24)16(3)4/h7-14H,1,3H2,2,4H3. The molecule has 0 saturated heterocycles. The lowest BCUT2D eigenvalue weighted by atomic mass is 10.1. The van der Waals surface area contributed by atoms with Gasteiger partial charge in [0.25, 0.3) is 0 Å². The lowest BCUT2D eigenvalue weighted by Crippen LogP contribution is -2.07. The Morgan fingerprint density at radius 2 is 1.00 bits per heavy atom. The fourth-order valence-corrected chi connectivity index (χ4v) is 1.75. The van der Waals surface area contributed by atoms with Crippen molar-refractivity contribution in [3.8, 4) is 23.3 Å². The Kier molecular flexibility index (Phi) is 6.13. The lowest BCUT2D eigenvalue weighted by molar-refractivity contribution is -0.130. The molecule has 0 atom stereocenters. The van der Waals surface area contributed by atoms with Crippen LogP contribution in [0.4, 0.5) is 0 Å². The summed E-state index contributed by atoms with van der Waals surface area (Å²) >= 11 is 0. The molecule has 2 aromatic rings. The summed E-state index contributed by atoms with van der Waals surface area (Å²) < 4.78 is 10.2.